The number of pyridine rings is 1. The van der Waals surface area contributed by atoms with Gasteiger partial charge in [-0.3, -0.25) is 4.79 Å². The van der Waals surface area contributed by atoms with Crippen molar-refractivity contribution in [1.82, 2.24) is 29.4 Å². The zero-order valence-electron chi connectivity index (χ0n) is 15.9. The third-order valence-corrected chi connectivity index (χ3v) is 7.08. The highest BCUT2D eigenvalue weighted by Gasteiger charge is 2.27. The fourth-order valence-electron chi connectivity index (χ4n) is 3.87. The molecule has 2 aliphatic carbocycles. The third-order valence-electron chi connectivity index (χ3n) is 5.67. The third kappa shape index (κ3) is 3.53. The Hall–Kier alpha value is -2.35. The molecule has 0 aromatic carbocycles. The van der Waals surface area contributed by atoms with Gasteiger partial charge >= 0.3 is 0 Å². The number of amides is 1. The summed E-state index contributed by atoms with van der Waals surface area (Å²) < 4.78 is 4.18. The average molecular weight is 397 g/mol. The van der Waals surface area contributed by atoms with Gasteiger partial charge in [-0.25, -0.2) is 15.0 Å². The lowest BCUT2D eigenvalue weighted by atomic mass is 9.95. The van der Waals surface area contributed by atoms with E-state index in [-0.39, 0.29) is 11.9 Å². The van der Waals surface area contributed by atoms with Crippen molar-refractivity contribution in [2.75, 3.05) is 0 Å². The number of carbonyl (C=O) groups excluding carboxylic acids is 1. The maximum atomic E-state index is 12.7. The predicted octanol–water partition coefficient (Wildman–Crippen LogP) is 3.33. The molecule has 0 unspecified atom stereocenters. The van der Waals surface area contributed by atoms with Crippen LogP contribution in [0.5, 0.6) is 0 Å². The quantitative estimate of drug-likeness (QED) is 0.716. The molecule has 0 spiro atoms. The minimum absolute atomic E-state index is 0.0458. The molecule has 2 aliphatic rings. The summed E-state index contributed by atoms with van der Waals surface area (Å²) in [6.45, 7) is 0. The highest BCUT2D eigenvalue weighted by molar-refractivity contribution is 7.99. The standard InChI is InChI=1S/C20H24N6OS/c1-25-9-8-21-20(25)28-16-6-2-14(3-7-16)24-19(27)13-10-17-18(22-11-13)26(12-23-17)15-4-5-15/h8-12,14-16H,2-7H2,1H3,(H,24,27). The van der Waals surface area contributed by atoms with Gasteiger partial charge in [0.25, 0.3) is 5.91 Å². The first kappa shape index (κ1) is 17.7. The van der Waals surface area contributed by atoms with Crippen molar-refractivity contribution in [3.63, 3.8) is 0 Å². The summed E-state index contributed by atoms with van der Waals surface area (Å²) in [5.74, 6) is -0.0458. The summed E-state index contributed by atoms with van der Waals surface area (Å²) >= 11 is 1.84. The van der Waals surface area contributed by atoms with Crippen molar-refractivity contribution >= 4 is 28.8 Å². The first-order chi connectivity index (χ1) is 13.7. The Bertz CT molecular complexity index is 999. The Balaban J connectivity index is 1.18. The molecule has 3 aromatic rings. The largest absolute Gasteiger partial charge is 0.349 e. The molecule has 1 N–H and O–H groups in total. The molecular formula is C20H24N6OS. The minimum Gasteiger partial charge on any atom is -0.349 e. The van der Waals surface area contributed by atoms with E-state index in [4.69, 9.17) is 0 Å². The number of thioether (sulfide) groups is 1. The van der Waals surface area contributed by atoms with Crippen LogP contribution in [0, 0.1) is 0 Å². The van der Waals surface area contributed by atoms with Gasteiger partial charge in [0.2, 0.25) is 0 Å². The summed E-state index contributed by atoms with van der Waals surface area (Å²) in [4.78, 5) is 26.0. The number of carbonyl (C=O) groups is 1. The highest BCUT2D eigenvalue weighted by atomic mass is 32.2. The maximum Gasteiger partial charge on any atom is 0.253 e. The molecule has 8 heteroatoms. The Morgan fingerprint density at radius 2 is 1.96 bits per heavy atom. The lowest BCUT2D eigenvalue weighted by Crippen LogP contribution is -2.38. The highest BCUT2D eigenvalue weighted by Crippen LogP contribution is 2.36. The molecule has 0 atom stereocenters. The molecule has 0 saturated heterocycles. The lowest BCUT2D eigenvalue weighted by Gasteiger charge is -2.28. The fraction of sp³-hybridized carbons (Fsp3) is 0.500. The number of hydrogen-bond acceptors (Lipinski definition) is 5. The van der Waals surface area contributed by atoms with Crippen LogP contribution in [0.15, 0.2) is 36.1 Å². The summed E-state index contributed by atoms with van der Waals surface area (Å²) in [5, 5.41) is 4.82. The molecular weight excluding hydrogens is 372 g/mol. The molecule has 28 heavy (non-hydrogen) atoms. The summed E-state index contributed by atoms with van der Waals surface area (Å²) in [5.41, 5.74) is 2.28. The van der Waals surface area contributed by atoms with Crippen molar-refractivity contribution < 1.29 is 4.79 Å². The Labute approximate surface area is 168 Å². The number of aryl methyl sites for hydroxylation is 1. The van der Waals surface area contributed by atoms with Gasteiger partial charge < -0.3 is 14.5 Å². The molecule has 5 rings (SSSR count). The topological polar surface area (TPSA) is 77.6 Å². The van der Waals surface area contributed by atoms with E-state index in [0.29, 0.717) is 16.9 Å². The molecule has 0 bridgehead atoms. The summed E-state index contributed by atoms with van der Waals surface area (Å²) in [6, 6.07) is 2.63. The monoisotopic (exact) mass is 396 g/mol. The van der Waals surface area contributed by atoms with E-state index in [9.17, 15) is 4.79 Å². The van der Waals surface area contributed by atoms with Crippen LogP contribution in [0.1, 0.15) is 54.9 Å². The van der Waals surface area contributed by atoms with Crippen molar-refractivity contribution in [1.29, 1.82) is 0 Å². The van der Waals surface area contributed by atoms with Crippen molar-refractivity contribution in [3.8, 4) is 0 Å². The number of nitrogens with zero attached hydrogens (tertiary/aromatic N) is 5. The van der Waals surface area contributed by atoms with E-state index >= 15 is 0 Å². The van der Waals surface area contributed by atoms with Crippen molar-refractivity contribution in [3.05, 3.63) is 36.5 Å². The van der Waals surface area contributed by atoms with Gasteiger partial charge in [-0.2, -0.15) is 0 Å². The zero-order valence-corrected chi connectivity index (χ0v) is 16.7. The van der Waals surface area contributed by atoms with Crippen LogP contribution in [0.2, 0.25) is 0 Å². The second-order valence-electron chi connectivity index (χ2n) is 7.84. The van der Waals surface area contributed by atoms with E-state index in [0.717, 1.165) is 42.0 Å². The van der Waals surface area contributed by atoms with Crippen LogP contribution in [0.4, 0.5) is 0 Å². The molecule has 2 fully saturated rings. The van der Waals surface area contributed by atoms with Crippen molar-refractivity contribution in [2.45, 2.75) is 61.0 Å². The smallest absolute Gasteiger partial charge is 0.253 e. The Kier molecular flexibility index (Phi) is 4.58. The van der Waals surface area contributed by atoms with Crippen molar-refractivity contribution in [2.24, 2.45) is 7.05 Å². The molecule has 0 aliphatic heterocycles. The molecule has 3 aromatic heterocycles. The molecule has 3 heterocycles. The van der Waals surface area contributed by atoms with E-state index < -0.39 is 0 Å². The van der Waals surface area contributed by atoms with Gasteiger partial charge in [0, 0.05) is 43.0 Å². The van der Waals surface area contributed by atoms with E-state index in [2.05, 4.69) is 29.4 Å². The normalized spacial score (nSPS) is 22.5. The number of fused-ring (bicyclic) bond motifs is 1. The van der Waals surface area contributed by atoms with Gasteiger partial charge in [-0.1, -0.05) is 11.8 Å². The number of nitrogens with one attached hydrogen (secondary N) is 1. The SMILES string of the molecule is Cn1ccnc1SC1CCC(NC(=O)c2cnc3c(c2)ncn3C2CC2)CC1. The number of aromatic nitrogens is 5. The van der Waals surface area contributed by atoms with Crippen LogP contribution in [-0.2, 0) is 7.05 Å². The van der Waals surface area contributed by atoms with Gasteiger partial charge in [0.15, 0.2) is 10.8 Å². The predicted molar refractivity (Wildman–Crippen MR) is 108 cm³/mol. The minimum atomic E-state index is -0.0458. The number of hydrogen-bond donors (Lipinski definition) is 1. The molecule has 2 saturated carbocycles. The average Bonchev–Trinajstić information content (AvgIpc) is 3.34. The first-order valence-electron chi connectivity index (χ1n) is 9.95. The van der Waals surface area contributed by atoms with E-state index in [1.54, 1.807) is 6.20 Å². The van der Waals surface area contributed by atoms with Crippen LogP contribution in [-0.4, -0.2) is 41.3 Å². The Morgan fingerprint density at radius 1 is 1.14 bits per heavy atom. The number of rotatable bonds is 5. The molecule has 146 valence electrons. The van der Waals surface area contributed by atoms with Gasteiger partial charge in [-0.15, -0.1) is 0 Å². The van der Waals surface area contributed by atoms with Gasteiger partial charge in [-0.05, 0) is 44.6 Å². The van der Waals surface area contributed by atoms with Gasteiger partial charge in [0.1, 0.15) is 5.52 Å². The molecule has 0 radical (unpaired) electrons. The fourth-order valence-corrected chi connectivity index (χ4v) is 5.03. The zero-order chi connectivity index (χ0) is 19.1. The molecule has 1 amide bonds. The van der Waals surface area contributed by atoms with Crippen LogP contribution < -0.4 is 5.32 Å². The summed E-state index contributed by atoms with van der Waals surface area (Å²) in [7, 11) is 2.03. The van der Waals surface area contributed by atoms with Crippen LogP contribution in [0.3, 0.4) is 0 Å². The molecule has 7 nitrogen and oxygen atoms in total. The second-order valence-corrected chi connectivity index (χ2v) is 9.10. The lowest BCUT2D eigenvalue weighted by molar-refractivity contribution is 0.0928. The maximum absolute atomic E-state index is 12.7. The first-order valence-corrected chi connectivity index (χ1v) is 10.8. The number of imidazole rings is 2. The van der Waals surface area contributed by atoms with Crippen LogP contribution >= 0.6 is 11.8 Å². The summed E-state index contributed by atoms with van der Waals surface area (Å²) in [6.07, 6.45) is 13.9. The van der Waals surface area contributed by atoms with Crippen LogP contribution in [0.25, 0.3) is 11.2 Å². The van der Waals surface area contributed by atoms with E-state index in [1.165, 1.54) is 12.8 Å². The van der Waals surface area contributed by atoms with E-state index in [1.807, 2.05) is 43.6 Å². The second kappa shape index (κ2) is 7.24. The Morgan fingerprint density at radius 3 is 2.68 bits per heavy atom. The van der Waals surface area contributed by atoms with Gasteiger partial charge in [0.05, 0.1) is 11.9 Å².